The van der Waals surface area contributed by atoms with Crippen LogP contribution in [0.5, 0.6) is 0 Å². The van der Waals surface area contributed by atoms with Crippen LogP contribution in [-0.4, -0.2) is 4.21 Å². The van der Waals surface area contributed by atoms with Crippen molar-refractivity contribution < 1.29 is 24.2 Å². The molecule has 8 rings (SSSR count). The van der Waals surface area contributed by atoms with Gasteiger partial charge >= 0.3 is 28.4 Å². The Morgan fingerprint density at radius 3 is 1.47 bits per heavy atom. The first-order valence-electron chi connectivity index (χ1n) is 17.7. The predicted molar refractivity (Wildman–Crippen MR) is 222 cm³/mol. The Balaban J connectivity index is 0.000000228. The molecule has 7 aromatic carbocycles. The molecule has 0 saturated heterocycles. The van der Waals surface area contributed by atoms with Crippen molar-refractivity contribution in [2.24, 2.45) is 0 Å². The monoisotopic (exact) mass is 739 g/mol. The van der Waals surface area contributed by atoms with Crippen molar-refractivity contribution in [3.8, 4) is 22.3 Å². The number of rotatable bonds is 2. The van der Waals surface area contributed by atoms with Crippen LogP contribution in [-0.2, 0) is 35.1 Å². The summed E-state index contributed by atoms with van der Waals surface area (Å²) in [5.74, 6) is 0. The Morgan fingerprint density at radius 1 is 0.588 bits per heavy atom. The van der Waals surface area contributed by atoms with Gasteiger partial charge in [0.2, 0.25) is 0 Å². The molecule has 51 heavy (non-hydrogen) atoms. The van der Waals surface area contributed by atoms with E-state index in [1.807, 2.05) is 36.4 Å². The molecule has 0 saturated carbocycles. The van der Waals surface area contributed by atoms with Crippen LogP contribution in [0.25, 0.3) is 54.6 Å². The number of allylic oxidation sites excluding steroid dienone is 4. The van der Waals surface area contributed by atoms with E-state index in [-0.39, 0.29) is 10.8 Å². The molecule has 1 aliphatic carbocycles. The van der Waals surface area contributed by atoms with Crippen molar-refractivity contribution in [1.29, 1.82) is 0 Å². The van der Waals surface area contributed by atoms with E-state index >= 15 is 0 Å². The Hall–Kier alpha value is -4.45. The van der Waals surface area contributed by atoms with Gasteiger partial charge in [0.1, 0.15) is 0 Å². The first-order valence-corrected chi connectivity index (χ1v) is 19.4. The fourth-order valence-corrected chi connectivity index (χ4v) is 6.69. The summed E-state index contributed by atoms with van der Waals surface area (Å²) >= 11 is 1.30. The summed E-state index contributed by atoms with van der Waals surface area (Å²) in [5.41, 5.74) is 9.26. The van der Waals surface area contributed by atoms with Crippen LogP contribution < -0.4 is 0 Å². The van der Waals surface area contributed by atoms with E-state index in [0.29, 0.717) is 0 Å². The van der Waals surface area contributed by atoms with Crippen LogP contribution in [0.15, 0.2) is 152 Å². The number of fused-ring (bicyclic) bond motifs is 4. The summed E-state index contributed by atoms with van der Waals surface area (Å²) in [6.45, 7) is 17.9. The number of benzene rings is 6. The molecule has 256 valence electrons. The molecule has 0 heterocycles. The second-order valence-corrected chi connectivity index (χ2v) is 15.0. The molecule has 0 nitrogen and oxygen atoms in total. The number of hydrogen-bond acceptors (Lipinski definition) is 0. The molecule has 0 spiro atoms. The Labute approximate surface area is 321 Å². The summed E-state index contributed by atoms with van der Waals surface area (Å²) in [6.07, 6.45) is 10.0. The zero-order chi connectivity index (χ0) is 36.6. The molecular formula is C50H49Zr-3. The SMILES string of the molecule is CC(C)(C)c1cc2c(cc1-c1ccccc1)[cH-]c1cc(-c3ccccc3)c(C(C)(C)C)cc12.[C-]1=CC=CC1.[CH2-]c1cccc2ccccc12.[CH2]=[Zr]. The van der Waals surface area contributed by atoms with E-state index in [4.69, 9.17) is 0 Å². The van der Waals surface area contributed by atoms with Crippen LogP contribution in [0.1, 0.15) is 64.7 Å². The van der Waals surface area contributed by atoms with Crippen molar-refractivity contribution in [3.05, 3.63) is 181 Å². The molecule has 0 atom stereocenters. The van der Waals surface area contributed by atoms with Gasteiger partial charge in [-0.25, -0.2) is 12.2 Å². The zero-order valence-electron chi connectivity index (χ0n) is 31.1. The standard InChI is InChI=1S/C33H33.C11H9.C5H5.CH2.Zr/c1-32(2,3)30-20-26-24(18-28(30)22-13-9-7-10-14-22)17-25-19-29(23-15-11-8-12-16-23)31(21-27(25)26)33(4,5)6;1-9-5-4-7-10-6-2-3-8-11(9)10;1-2-4-5-3-1;;/h7-21H,1-6H3;2-8H,1H2;1-3H,4H2;1H2;/q3*-1;;. The van der Waals surface area contributed by atoms with Gasteiger partial charge in [-0.2, -0.15) is 24.6 Å². The molecule has 0 aromatic heterocycles. The maximum atomic E-state index is 3.95. The predicted octanol–water partition coefficient (Wildman–Crippen LogP) is 13.9. The minimum atomic E-state index is 0.0554. The second-order valence-electron chi connectivity index (χ2n) is 15.0. The molecule has 0 fully saturated rings. The van der Waals surface area contributed by atoms with Crippen molar-refractivity contribution in [3.63, 3.8) is 0 Å². The van der Waals surface area contributed by atoms with Gasteiger partial charge in [-0.3, -0.25) is 6.08 Å². The van der Waals surface area contributed by atoms with Crippen LogP contribution in [0.2, 0.25) is 0 Å². The summed E-state index contributed by atoms with van der Waals surface area (Å²) in [5, 5.41) is 7.87. The molecule has 1 heteroatoms. The van der Waals surface area contributed by atoms with Gasteiger partial charge in [0.25, 0.3) is 0 Å². The van der Waals surface area contributed by atoms with Gasteiger partial charge in [-0.15, -0.1) is 63.7 Å². The summed E-state index contributed by atoms with van der Waals surface area (Å²) in [6, 6.07) is 48.2. The van der Waals surface area contributed by atoms with Gasteiger partial charge in [-0.05, 0) is 44.2 Å². The van der Waals surface area contributed by atoms with Crippen molar-refractivity contribution >= 4 is 36.5 Å². The van der Waals surface area contributed by atoms with Gasteiger partial charge in [0, 0.05) is 0 Å². The van der Waals surface area contributed by atoms with Gasteiger partial charge in [0.05, 0.1) is 0 Å². The Morgan fingerprint density at radius 2 is 1.06 bits per heavy atom. The average Bonchev–Trinajstić information content (AvgIpc) is 3.84. The van der Waals surface area contributed by atoms with E-state index in [9.17, 15) is 0 Å². The molecule has 0 unspecified atom stereocenters. The van der Waals surface area contributed by atoms with Crippen molar-refractivity contribution in [2.45, 2.75) is 58.8 Å². The summed E-state index contributed by atoms with van der Waals surface area (Å²) in [7, 11) is 0. The van der Waals surface area contributed by atoms with E-state index in [1.54, 1.807) is 0 Å². The molecule has 0 aliphatic heterocycles. The third-order valence-electron chi connectivity index (χ3n) is 9.23. The van der Waals surface area contributed by atoms with Crippen molar-refractivity contribution in [1.82, 2.24) is 0 Å². The molecule has 7 aromatic rings. The van der Waals surface area contributed by atoms with Gasteiger partial charge in [-0.1, -0.05) is 144 Å². The average molecular weight is 741 g/mol. The summed E-state index contributed by atoms with van der Waals surface area (Å²) < 4.78 is 3.34. The summed E-state index contributed by atoms with van der Waals surface area (Å²) in [4.78, 5) is 0. The fourth-order valence-electron chi connectivity index (χ4n) is 6.69. The fraction of sp³-hybridized carbons (Fsp3) is 0.180. The van der Waals surface area contributed by atoms with E-state index < -0.39 is 0 Å². The Bertz CT molecular complexity index is 2140. The molecule has 1 aliphatic rings. The van der Waals surface area contributed by atoms with E-state index in [2.05, 4.69) is 174 Å². The molecule has 0 amide bonds. The first kappa shape index (κ1) is 37.8. The van der Waals surface area contributed by atoms with Gasteiger partial charge < -0.3 is 0 Å². The molecule has 0 bridgehead atoms. The van der Waals surface area contributed by atoms with E-state index in [1.165, 1.54) is 89.9 Å². The maximum absolute atomic E-state index is 3.95. The third-order valence-corrected chi connectivity index (χ3v) is 9.23. The van der Waals surface area contributed by atoms with Gasteiger partial charge in [0.15, 0.2) is 0 Å². The van der Waals surface area contributed by atoms with Crippen molar-refractivity contribution in [2.75, 3.05) is 0 Å². The van der Waals surface area contributed by atoms with Crippen LogP contribution in [0, 0.1) is 13.0 Å². The van der Waals surface area contributed by atoms with E-state index in [0.717, 1.165) is 12.0 Å². The molecule has 0 N–H and O–H groups in total. The number of hydrogen-bond donors (Lipinski definition) is 0. The molecule has 0 radical (unpaired) electrons. The normalized spacial score (nSPS) is 12.1. The zero-order valence-corrected chi connectivity index (χ0v) is 33.5. The van der Waals surface area contributed by atoms with Crippen LogP contribution in [0.4, 0.5) is 0 Å². The van der Waals surface area contributed by atoms with Crippen LogP contribution in [0.3, 0.4) is 0 Å². The molecular weight excluding hydrogens is 692 g/mol. The second kappa shape index (κ2) is 16.7. The topological polar surface area (TPSA) is 0 Å². The Kier molecular flexibility index (Phi) is 12.4. The quantitative estimate of drug-likeness (QED) is 0.155. The minimum absolute atomic E-state index is 0.0554. The first-order chi connectivity index (χ1) is 24.5. The third kappa shape index (κ3) is 9.08. The van der Waals surface area contributed by atoms with Crippen LogP contribution >= 0.6 is 0 Å².